The van der Waals surface area contributed by atoms with Crippen molar-refractivity contribution >= 4 is 46.8 Å². The molecule has 2 amide bonds. The average molecular weight is 512 g/mol. The summed E-state index contributed by atoms with van der Waals surface area (Å²) in [4.78, 5) is 27.9. The number of carbonyl (C=O) groups excluding carboxylic acids is 2. The normalized spacial score (nSPS) is 11.8. The highest BCUT2D eigenvalue weighted by Crippen LogP contribution is 2.28. The molecule has 2 rings (SSSR count). The van der Waals surface area contributed by atoms with Gasteiger partial charge in [-0.3, -0.25) is 9.59 Å². The van der Waals surface area contributed by atoms with Gasteiger partial charge in [-0.1, -0.05) is 62.2 Å². The standard InChI is InChI=1S/C25H32Cl2N2O3S/c1-5-23(25(31)28-13-17(2)3)29(14-18-9-11-19(32-4)12-10-18)24(30)16-33-15-20-21(26)7-6-8-22(20)27/h6-12,17,23H,5,13-16H2,1-4H3,(H,28,31)/t23-/m0/s1. The summed E-state index contributed by atoms with van der Waals surface area (Å²) in [5, 5.41) is 4.14. The average Bonchev–Trinajstić information content (AvgIpc) is 2.79. The summed E-state index contributed by atoms with van der Waals surface area (Å²) < 4.78 is 5.23. The fourth-order valence-electron chi connectivity index (χ4n) is 3.26. The number of nitrogens with one attached hydrogen (secondary N) is 1. The molecule has 2 aromatic rings. The summed E-state index contributed by atoms with van der Waals surface area (Å²) in [6.07, 6.45) is 0.521. The van der Waals surface area contributed by atoms with Crippen LogP contribution in [0.5, 0.6) is 5.75 Å². The Morgan fingerprint density at radius 3 is 2.27 bits per heavy atom. The minimum Gasteiger partial charge on any atom is -0.497 e. The minimum atomic E-state index is -0.553. The first kappa shape index (κ1) is 27.4. The molecule has 1 N–H and O–H groups in total. The van der Waals surface area contributed by atoms with Crippen LogP contribution in [0.3, 0.4) is 0 Å². The second-order valence-corrected chi connectivity index (χ2v) is 9.93. The van der Waals surface area contributed by atoms with Crippen LogP contribution in [0.15, 0.2) is 42.5 Å². The van der Waals surface area contributed by atoms with Crippen molar-refractivity contribution in [3.8, 4) is 5.75 Å². The molecule has 5 nitrogen and oxygen atoms in total. The maximum Gasteiger partial charge on any atom is 0.242 e. The van der Waals surface area contributed by atoms with Gasteiger partial charge in [0.05, 0.1) is 12.9 Å². The molecule has 0 fully saturated rings. The molecule has 1 atom stereocenters. The van der Waals surface area contributed by atoms with Crippen molar-refractivity contribution in [1.29, 1.82) is 0 Å². The van der Waals surface area contributed by atoms with Crippen LogP contribution >= 0.6 is 35.0 Å². The number of thioether (sulfide) groups is 1. The van der Waals surface area contributed by atoms with Crippen LogP contribution in [0.1, 0.15) is 38.3 Å². The number of benzene rings is 2. The van der Waals surface area contributed by atoms with Crippen molar-refractivity contribution in [2.24, 2.45) is 5.92 Å². The number of hydrogen-bond donors (Lipinski definition) is 1. The molecule has 0 heterocycles. The predicted octanol–water partition coefficient (Wildman–Crippen LogP) is 5.81. The minimum absolute atomic E-state index is 0.106. The Balaban J connectivity index is 2.16. The fourth-order valence-corrected chi connectivity index (χ4v) is 4.91. The monoisotopic (exact) mass is 510 g/mol. The molecule has 0 aliphatic heterocycles. The lowest BCUT2D eigenvalue weighted by atomic mass is 10.1. The highest BCUT2D eigenvalue weighted by atomic mass is 35.5. The molecule has 2 aromatic carbocycles. The first-order chi connectivity index (χ1) is 15.8. The van der Waals surface area contributed by atoms with E-state index in [9.17, 15) is 9.59 Å². The summed E-state index contributed by atoms with van der Waals surface area (Å²) in [6, 6.07) is 12.3. The molecule has 0 saturated carbocycles. The molecule has 33 heavy (non-hydrogen) atoms. The van der Waals surface area contributed by atoms with E-state index in [0.29, 0.717) is 41.2 Å². The van der Waals surface area contributed by atoms with E-state index in [1.165, 1.54) is 11.8 Å². The molecule has 8 heteroatoms. The van der Waals surface area contributed by atoms with Gasteiger partial charge in [0.15, 0.2) is 0 Å². The molecule has 0 aliphatic carbocycles. The summed E-state index contributed by atoms with van der Waals surface area (Å²) in [7, 11) is 1.61. The maximum atomic E-state index is 13.3. The Hall–Kier alpha value is -1.89. The zero-order valence-electron chi connectivity index (χ0n) is 19.6. The van der Waals surface area contributed by atoms with Gasteiger partial charge in [0, 0.05) is 28.9 Å². The quantitative estimate of drug-likeness (QED) is 0.391. The number of hydrogen-bond acceptors (Lipinski definition) is 4. The summed E-state index contributed by atoms with van der Waals surface area (Å²) in [5.41, 5.74) is 1.74. The Morgan fingerprint density at radius 2 is 1.73 bits per heavy atom. The van der Waals surface area contributed by atoms with Crippen LogP contribution in [0, 0.1) is 5.92 Å². The number of ether oxygens (including phenoxy) is 1. The second kappa shape index (κ2) is 13.7. The third-order valence-corrected chi connectivity index (χ3v) is 6.77. The van der Waals surface area contributed by atoms with Gasteiger partial charge in [-0.05, 0) is 47.7 Å². The largest absolute Gasteiger partial charge is 0.497 e. The SMILES string of the molecule is CC[C@@H](C(=O)NCC(C)C)N(Cc1ccc(OC)cc1)C(=O)CSCc1c(Cl)cccc1Cl. The first-order valence-corrected chi connectivity index (χ1v) is 12.9. The lowest BCUT2D eigenvalue weighted by molar-refractivity contribution is -0.139. The highest BCUT2D eigenvalue weighted by Gasteiger charge is 2.28. The lowest BCUT2D eigenvalue weighted by Gasteiger charge is -2.31. The van der Waals surface area contributed by atoms with E-state index in [1.807, 2.05) is 45.0 Å². The summed E-state index contributed by atoms with van der Waals surface area (Å²) in [6.45, 7) is 6.91. The zero-order chi connectivity index (χ0) is 24.4. The van der Waals surface area contributed by atoms with Gasteiger partial charge >= 0.3 is 0 Å². The van der Waals surface area contributed by atoms with Crippen molar-refractivity contribution in [2.75, 3.05) is 19.4 Å². The number of nitrogens with zero attached hydrogens (tertiary/aromatic N) is 1. The third-order valence-electron chi connectivity index (χ3n) is 5.12. The van der Waals surface area contributed by atoms with Gasteiger partial charge in [0.1, 0.15) is 11.8 Å². The Labute approximate surface area is 211 Å². The first-order valence-electron chi connectivity index (χ1n) is 11.0. The van der Waals surface area contributed by atoms with Crippen LogP contribution in [0.4, 0.5) is 0 Å². The fraction of sp³-hybridized carbons (Fsp3) is 0.440. The van der Waals surface area contributed by atoms with Gasteiger partial charge in [0.25, 0.3) is 0 Å². The Morgan fingerprint density at radius 1 is 1.09 bits per heavy atom. The van der Waals surface area contributed by atoms with E-state index in [2.05, 4.69) is 5.32 Å². The van der Waals surface area contributed by atoms with E-state index in [1.54, 1.807) is 30.2 Å². The van der Waals surface area contributed by atoms with Crippen LogP contribution in [0.25, 0.3) is 0 Å². The molecule has 0 bridgehead atoms. The summed E-state index contributed by atoms with van der Waals surface area (Å²) in [5.74, 6) is 1.55. The predicted molar refractivity (Wildman–Crippen MR) is 138 cm³/mol. The van der Waals surface area contributed by atoms with Gasteiger partial charge in [0.2, 0.25) is 11.8 Å². The molecule has 0 radical (unpaired) electrons. The number of amides is 2. The third kappa shape index (κ3) is 8.43. The molecule has 0 unspecified atom stereocenters. The summed E-state index contributed by atoms with van der Waals surface area (Å²) >= 11 is 13.9. The topological polar surface area (TPSA) is 58.6 Å². The maximum absolute atomic E-state index is 13.3. The van der Waals surface area contributed by atoms with Crippen molar-refractivity contribution in [2.45, 2.75) is 45.5 Å². The number of methoxy groups -OCH3 is 1. The van der Waals surface area contributed by atoms with E-state index < -0.39 is 6.04 Å². The smallest absolute Gasteiger partial charge is 0.242 e. The van der Waals surface area contributed by atoms with E-state index >= 15 is 0 Å². The van der Waals surface area contributed by atoms with Crippen molar-refractivity contribution in [3.05, 3.63) is 63.6 Å². The van der Waals surface area contributed by atoms with Crippen molar-refractivity contribution < 1.29 is 14.3 Å². The van der Waals surface area contributed by atoms with Gasteiger partial charge in [-0.15, -0.1) is 11.8 Å². The molecule has 0 spiro atoms. The Kier molecular flexibility index (Phi) is 11.4. The van der Waals surface area contributed by atoms with Crippen LogP contribution < -0.4 is 10.1 Å². The molecule has 0 aromatic heterocycles. The van der Waals surface area contributed by atoms with Crippen LogP contribution in [0.2, 0.25) is 10.0 Å². The second-order valence-electron chi connectivity index (χ2n) is 8.13. The van der Waals surface area contributed by atoms with Gasteiger partial charge in [-0.2, -0.15) is 0 Å². The molecule has 0 saturated heterocycles. The number of carbonyl (C=O) groups is 2. The Bertz CT molecular complexity index is 902. The molecule has 0 aliphatic rings. The molecular formula is C25H32Cl2N2O3S. The van der Waals surface area contributed by atoms with E-state index in [0.717, 1.165) is 16.9 Å². The molecule has 180 valence electrons. The highest BCUT2D eigenvalue weighted by molar-refractivity contribution is 7.99. The van der Waals surface area contributed by atoms with E-state index in [-0.39, 0.29) is 17.6 Å². The van der Waals surface area contributed by atoms with E-state index in [4.69, 9.17) is 27.9 Å². The number of halogens is 2. The molecular weight excluding hydrogens is 479 g/mol. The number of rotatable bonds is 12. The lowest BCUT2D eigenvalue weighted by Crippen LogP contribution is -2.50. The van der Waals surface area contributed by atoms with Gasteiger partial charge in [-0.25, -0.2) is 0 Å². The van der Waals surface area contributed by atoms with Crippen molar-refractivity contribution in [1.82, 2.24) is 10.2 Å². The van der Waals surface area contributed by atoms with Gasteiger partial charge < -0.3 is 15.0 Å². The zero-order valence-corrected chi connectivity index (χ0v) is 21.9. The van der Waals surface area contributed by atoms with Crippen LogP contribution in [-0.2, 0) is 21.9 Å². The van der Waals surface area contributed by atoms with Crippen molar-refractivity contribution in [3.63, 3.8) is 0 Å². The van der Waals surface area contributed by atoms with Crippen LogP contribution in [-0.4, -0.2) is 42.2 Å².